The van der Waals surface area contributed by atoms with Crippen molar-refractivity contribution in [2.75, 3.05) is 5.32 Å². The van der Waals surface area contributed by atoms with Crippen LogP contribution in [0, 0.1) is 19.7 Å². The molecule has 5 rings (SSSR count). The van der Waals surface area contributed by atoms with E-state index in [1.54, 1.807) is 33.8 Å². The molecule has 0 saturated carbocycles. The van der Waals surface area contributed by atoms with Crippen LogP contribution in [0.1, 0.15) is 16.8 Å². The number of fused-ring (bicyclic) bond motifs is 1. The molecule has 0 aliphatic heterocycles. The van der Waals surface area contributed by atoms with Crippen molar-refractivity contribution in [1.82, 2.24) is 29.5 Å². The number of nitrogens with one attached hydrogen (secondary N) is 1. The second kappa shape index (κ2) is 8.27. The van der Waals surface area contributed by atoms with Crippen LogP contribution < -0.4 is 5.32 Å². The minimum absolute atomic E-state index is 0.158. The first-order valence-electron chi connectivity index (χ1n) is 10.3. The molecule has 8 nitrogen and oxygen atoms in total. The Morgan fingerprint density at radius 3 is 2.64 bits per heavy atom. The minimum atomic E-state index is -0.330. The van der Waals surface area contributed by atoms with Gasteiger partial charge in [0.15, 0.2) is 11.5 Å². The highest BCUT2D eigenvalue weighted by Crippen LogP contribution is 2.24. The lowest BCUT2D eigenvalue weighted by atomic mass is 10.1. The fraction of sp³-hybridized carbons (Fsp3) is 0.125. The molecule has 1 amide bonds. The number of benzene rings is 2. The fourth-order valence-electron chi connectivity index (χ4n) is 3.72. The van der Waals surface area contributed by atoms with Gasteiger partial charge < -0.3 is 5.32 Å². The van der Waals surface area contributed by atoms with E-state index in [0.29, 0.717) is 28.4 Å². The third-order valence-electron chi connectivity index (χ3n) is 5.16. The van der Waals surface area contributed by atoms with Crippen LogP contribution in [-0.4, -0.2) is 35.4 Å². The SMILES string of the molecule is Cc1cccc(CC(=O)Nc2cc(C)nn2-c2ncnc3c2cnn3-c2ccc(F)cc2)c1. The predicted molar refractivity (Wildman–Crippen MR) is 122 cm³/mol. The van der Waals surface area contributed by atoms with Gasteiger partial charge in [0, 0.05) is 6.07 Å². The largest absolute Gasteiger partial charge is 0.310 e. The first kappa shape index (κ1) is 20.5. The molecule has 2 aromatic carbocycles. The third kappa shape index (κ3) is 4.08. The van der Waals surface area contributed by atoms with E-state index in [1.807, 2.05) is 38.1 Å². The van der Waals surface area contributed by atoms with Crippen molar-refractivity contribution in [3.05, 3.63) is 89.8 Å². The van der Waals surface area contributed by atoms with Crippen LogP contribution in [-0.2, 0) is 11.2 Å². The van der Waals surface area contributed by atoms with Gasteiger partial charge in [-0.2, -0.15) is 14.9 Å². The number of anilines is 1. The number of carbonyl (C=O) groups is 1. The number of amides is 1. The molecule has 1 N–H and O–H groups in total. The van der Waals surface area contributed by atoms with Crippen molar-refractivity contribution in [2.45, 2.75) is 20.3 Å². The topological polar surface area (TPSA) is 90.5 Å². The van der Waals surface area contributed by atoms with Gasteiger partial charge in [-0.1, -0.05) is 29.8 Å². The summed E-state index contributed by atoms with van der Waals surface area (Å²) in [6.07, 6.45) is 3.28. The molecule has 0 spiro atoms. The molecule has 3 aromatic heterocycles. The van der Waals surface area contributed by atoms with E-state index < -0.39 is 0 Å². The van der Waals surface area contributed by atoms with E-state index in [2.05, 4.69) is 25.5 Å². The van der Waals surface area contributed by atoms with E-state index in [-0.39, 0.29) is 18.1 Å². The second-order valence-corrected chi connectivity index (χ2v) is 7.76. The van der Waals surface area contributed by atoms with E-state index in [4.69, 9.17) is 0 Å². The summed E-state index contributed by atoms with van der Waals surface area (Å²) in [5.41, 5.74) is 3.96. The summed E-state index contributed by atoms with van der Waals surface area (Å²) in [5, 5.41) is 12.5. The van der Waals surface area contributed by atoms with Gasteiger partial charge in [0.2, 0.25) is 5.91 Å². The van der Waals surface area contributed by atoms with Gasteiger partial charge in [-0.3, -0.25) is 4.79 Å². The number of nitrogens with zero attached hydrogens (tertiary/aromatic N) is 6. The summed E-state index contributed by atoms with van der Waals surface area (Å²) in [6, 6.07) is 15.6. The first-order chi connectivity index (χ1) is 16.0. The first-order valence-corrected chi connectivity index (χ1v) is 10.3. The monoisotopic (exact) mass is 441 g/mol. The average molecular weight is 441 g/mol. The molecule has 9 heteroatoms. The molecule has 3 heterocycles. The smallest absolute Gasteiger partial charge is 0.229 e. The lowest BCUT2D eigenvalue weighted by Crippen LogP contribution is -2.17. The van der Waals surface area contributed by atoms with Crippen LogP contribution in [0.3, 0.4) is 0 Å². The van der Waals surface area contributed by atoms with Crippen molar-refractivity contribution >= 4 is 22.8 Å². The zero-order valence-electron chi connectivity index (χ0n) is 18.0. The highest BCUT2D eigenvalue weighted by atomic mass is 19.1. The van der Waals surface area contributed by atoms with Gasteiger partial charge in [-0.15, -0.1) is 0 Å². The van der Waals surface area contributed by atoms with Gasteiger partial charge in [0.25, 0.3) is 0 Å². The maximum atomic E-state index is 13.3. The number of carbonyl (C=O) groups excluding carboxylic acids is 1. The van der Waals surface area contributed by atoms with Crippen LogP contribution in [0.25, 0.3) is 22.5 Å². The number of aromatic nitrogens is 6. The summed E-state index contributed by atoms with van der Waals surface area (Å²) in [6.45, 7) is 3.83. The van der Waals surface area contributed by atoms with Gasteiger partial charge in [-0.05, 0) is 43.7 Å². The van der Waals surface area contributed by atoms with Crippen LogP contribution in [0.5, 0.6) is 0 Å². The summed E-state index contributed by atoms with van der Waals surface area (Å²) < 4.78 is 16.5. The number of halogens is 1. The fourth-order valence-corrected chi connectivity index (χ4v) is 3.72. The molecular weight excluding hydrogens is 421 g/mol. The van der Waals surface area contributed by atoms with Crippen molar-refractivity contribution in [2.24, 2.45) is 0 Å². The number of hydrogen-bond acceptors (Lipinski definition) is 5. The van der Waals surface area contributed by atoms with Gasteiger partial charge in [0.05, 0.1) is 29.4 Å². The Kier molecular flexibility index (Phi) is 5.14. The van der Waals surface area contributed by atoms with E-state index in [1.165, 1.54) is 18.5 Å². The molecule has 0 atom stereocenters. The van der Waals surface area contributed by atoms with E-state index in [9.17, 15) is 9.18 Å². The maximum Gasteiger partial charge on any atom is 0.229 e. The Morgan fingerprint density at radius 1 is 1.03 bits per heavy atom. The van der Waals surface area contributed by atoms with Crippen LogP contribution >= 0.6 is 0 Å². The van der Waals surface area contributed by atoms with Crippen molar-refractivity contribution in [3.8, 4) is 11.5 Å². The maximum absolute atomic E-state index is 13.3. The highest BCUT2D eigenvalue weighted by Gasteiger charge is 2.18. The highest BCUT2D eigenvalue weighted by molar-refractivity contribution is 5.92. The molecule has 33 heavy (non-hydrogen) atoms. The van der Waals surface area contributed by atoms with Crippen molar-refractivity contribution in [1.29, 1.82) is 0 Å². The Morgan fingerprint density at radius 2 is 1.85 bits per heavy atom. The van der Waals surface area contributed by atoms with Gasteiger partial charge in [-0.25, -0.2) is 19.0 Å². The molecule has 0 radical (unpaired) electrons. The molecule has 0 bridgehead atoms. The van der Waals surface area contributed by atoms with Crippen LogP contribution in [0.4, 0.5) is 10.2 Å². The predicted octanol–water partition coefficient (Wildman–Crippen LogP) is 3.94. The lowest BCUT2D eigenvalue weighted by molar-refractivity contribution is -0.115. The quantitative estimate of drug-likeness (QED) is 0.446. The third-order valence-corrected chi connectivity index (χ3v) is 5.16. The summed E-state index contributed by atoms with van der Waals surface area (Å²) in [7, 11) is 0. The van der Waals surface area contributed by atoms with Crippen molar-refractivity contribution in [3.63, 3.8) is 0 Å². The van der Waals surface area contributed by atoms with Crippen LogP contribution in [0.15, 0.2) is 67.1 Å². The lowest BCUT2D eigenvalue weighted by Gasteiger charge is -2.09. The number of rotatable bonds is 5. The summed E-state index contributed by atoms with van der Waals surface area (Å²) in [4.78, 5) is 21.5. The van der Waals surface area contributed by atoms with Gasteiger partial charge >= 0.3 is 0 Å². The Balaban J connectivity index is 1.49. The van der Waals surface area contributed by atoms with E-state index in [0.717, 1.165) is 16.8 Å². The molecule has 0 saturated heterocycles. The molecular formula is C24H20FN7O. The average Bonchev–Trinajstić information content (AvgIpc) is 3.37. The second-order valence-electron chi connectivity index (χ2n) is 7.76. The molecule has 0 unspecified atom stereocenters. The molecule has 164 valence electrons. The summed E-state index contributed by atoms with van der Waals surface area (Å²) in [5.74, 6) is 0.490. The Hall–Kier alpha value is -4.40. The molecule has 5 aromatic rings. The van der Waals surface area contributed by atoms with E-state index >= 15 is 0 Å². The van der Waals surface area contributed by atoms with Gasteiger partial charge in [0.1, 0.15) is 18.0 Å². The van der Waals surface area contributed by atoms with Crippen molar-refractivity contribution < 1.29 is 9.18 Å². The molecule has 0 fully saturated rings. The number of aryl methyl sites for hydroxylation is 2. The normalized spacial score (nSPS) is 11.1. The molecule has 0 aliphatic carbocycles. The minimum Gasteiger partial charge on any atom is -0.310 e. The zero-order chi connectivity index (χ0) is 22.9. The summed E-state index contributed by atoms with van der Waals surface area (Å²) >= 11 is 0. The Labute approximate surface area is 188 Å². The number of hydrogen-bond donors (Lipinski definition) is 1. The standard InChI is InChI=1S/C24H20FN7O/c1-15-4-3-5-17(10-15)12-22(33)29-21-11-16(2)30-32(21)24-20-13-28-31(23(20)26-14-27-24)19-8-6-18(25)7-9-19/h3-11,13-14H,12H2,1-2H3,(H,29,33). The van der Waals surface area contributed by atoms with Crippen LogP contribution in [0.2, 0.25) is 0 Å². The zero-order valence-corrected chi connectivity index (χ0v) is 18.0. The Bertz CT molecular complexity index is 1470. The molecule has 0 aliphatic rings.